The van der Waals surface area contributed by atoms with E-state index in [-0.39, 0.29) is 61.6 Å². The molecule has 0 spiro atoms. The Morgan fingerprint density at radius 3 is 1.28 bits per heavy atom. The zero-order chi connectivity index (χ0) is 54.2. The van der Waals surface area contributed by atoms with Crippen molar-refractivity contribution in [3.05, 3.63) is 95.4 Å². The third-order valence-electron chi connectivity index (χ3n) is 12.0. The Hall–Kier alpha value is -8.30. The molecule has 0 aliphatic heterocycles. The predicted octanol–water partition coefficient (Wildman–Crippen LogP) is 5.28. The van der Waals surface area contributed by atoms with Crippen LogP contribution in [0.2, 0.25) is 0 Å². The van der Waals surface area contributed by atoms with Gasteiger partial charge in [0.05, 0.1) is 50.1 Å². The van der Waals surface area contributed by atoms with E-state index in [2.05, 4.69) is 21.3 Å². The van der Waals surface area contributed by atoms with Crippen molar-refractivity contribution in [2.24, 2.45) is 23.3 Å². The van der Waals surface area contributed by atoms with Gasteiger partial charge in [-0.2, -0.15) is 10.1 Å². The van der Waals surface area contributed by atoms with Crippen molar-refractivity contribution >= 4 is 60.2 Å². The monoisotopic (exact) mass is 1030 g/mol. The van der Waals surface area contributed by atoms with Gasteiger partial charge in [-0.1, -0.05) is 90.5 Å². The molecule has 74 heavy (non-hydrogen) atoms. The molecule has 0 radical (unpaired) electrons. The molecular weight excluding hydrogens is 961 g/mol. The molecule has 4 aromatic rings. The summed E-state index contributed by atoms with van der Waals surface area (Å²) in [4.78, 5) is 138. The fourth-order valence-electron chi connectivity index (χ4n) is 8.12. The van der Waals surface area contributed by atoms with Crippen LogP contribution in [0.1, 0.15) is 147 Å². The van der Waals surface area contributed by atoms with E-state index in [0.29, 0.717) is 48.3 Å². The zero-order valence-electron chi connectivity index (χ0n) is 42.1. The fraction of sp³-hybridized carbons (Fsp3) is 0.423. The predicted molar refractivity (Wildman–Crippen MR) is 267 cm³/mol. The Kier molecular flexibility index (Phi) is 23.5. The molecule has 0 aliphatic carbocycles. The second-order valence-corrected chi connectivity index (χ2v) is 17.2. The van der Waals surface area contributed by atoms with Crippen LogP contribution in [-0.2, 0) is 38.4 Å². The van der Waals surface area contributed by atoms with Crippen LogP contribution in [0, 0.1) is 11.8 Å². The molecule has 4 rings (SSSR count). The van der Waals surface area contributed by atoms with Crippen molar-refractivity contribution in [1.29, 1.82) is 0 Å². The van der Waals surface area contributed by atoms with Crippen LogP contribution in [0.4, 0.5) is 0 Å². The number of carbonyl (C=O) groups is 10. The van der Waals surface area contributed by atoms with Crippen LogP contribution in [0.15, 0.2) is 81.6 Å². The second-order valence-electron chi connectivity index (χ2n) is 17.2. The number of amides is 8. The van der Waals surface area contributed by atoms with Gasteiger partial charge in [0.1, 0.15) is 11.5 Å². The van der Waals surface area contributed by atoms with Crippen molar-refractivity contribution in [3.63, 3.8) is 0 Å². The molecule has 0 aliphatic rings. The van der Waals surface area contributed by atoms with Gasteiger partial charge in [-0.15, -0.1) is 0 Å². The highest BCUT2D eigenvalue weighted by molar-refractivity contribution is 5.96. The van der Waals surface area contributed by atoms with Crippen molar-refractivity contribution in [2.45, 2.75) is 117 Å². The first kappa shape index (κ1) is 58.3. The molecule has 0 bridgehead atoms. The molecule has 22 nitrogen and oxygen atoms in total. The van der Waals surface area contributed by atoms with Gasteiger partial charge in [-0.3, -0.25) is 38.4 Å². The largest absolute Gasteiger partial charge is 0.451 e. The molecule has 22 heteroatoms. The summed E-state index contributed by atoms with van der Waals surface area (Å²) in [6, 6.07) is 16.8. The lowest BCUT2D eigenvalue weighted by Crippen LogP contribution is -2.49. The molecule has 398 valence electrons. The van der Waals surface area contributed by atoms with Crippen LogP contribution >= 0.6 is 0 Å². The quantitative estimate of drug-likeness (QED) is 0.0153. The van der Waals surface area contributed by atoms with E-state index in [0.717, 1.165) is 35.8 Å². The Labute approximate surface area is 428 Å². The molecule has 4 atom stereocenters. The van der Waals surface area contributed by atoms with Gasteiger partial charge in [-0.25, -0.2) is 9.59 Å². The molecule has 0 fully saturated rings. The van der Waals surface area contributed by atoms with Gasteiger partial charge < -0.3 is 51.2 Å². The van der Waals surface area contributed by atoms with Crippen LogP contribution in [0.3, 0.4) is 0 Å². The zero-order valence-corrected chi connectivity index (χ0v) is 42.1. The minimum absolute atomic E-state index is 0.0677. The van der Waals surface area contributed by atoms with Gasteiger partial charge in [0.15, 0.2) is 11.5 Å². The molecule has 0 saturated carbocycles. The molecule has 0 saturated heterocycles. The van der Waals surface area contributed by atoms with E-state index in [1.54, 1.807) is 62.4 Å². The summed E-state index contributed by atoms with van der Waals surface area (Å²) in [6.45, 7) is 6.70. The number of hydrogen-bond donors (Lipinski definition) is 6. The molecule has 0 unspecified atom stereocenters. The lowest BCUT2D eigenvalue weighted by Gasteiger charge is -2.32. The highest BCUT2D eigenvalue weighted by atomic mass is 16.7. The second kappa shape index (κ2) is 29.9. The number of nitrogens with two attached hydrogens (primary N) is 2. The third kappa shape index (κ3) is 17.2. The summed E-state index contributed by atoms with van der Waals surface area (Å²) in [6.07, 6.45) is 4.60. The number of carbonyl (C=O) groups excluding carboxylic acids is 10. The topological polar surface area (TPSA) is 322 Å². The van der Waals surface area contributed by atoms with Crippen molar-refractivity contribution in [3.8, 4) is 22.6 Å². The lowest BCUT2D eigenvalue weighted by molar-refractivity contribution is -0.209. The number of unbranched alkanes of at least 4 members (excludes halogenated alkanes) is 4. The van der Waals surface area contributed by atoms with Gasteiger partial charge in [0, 0.05) is 22.3 Å². The summed E-state index contributed by atoms with van der Waals surface area (Å²) >= 11 is 0. The van der Waals surface area contributed by atoms with E-state index in [4.69, 9.17) is 30.0 Å². The Morgan fingerprint density at radius 2 is 0.946 bits per heavy atom. The first-order chi connectivity index (χ1) is 35.6. The molecular formula is C52H66N8O14. The van der Waals surface area contributed by atoms with Gasteiger partial charge in [0.25, 0.3) is 11.8 Å². The van der Waals surface area contributed by atoms with Crippen LogP contribution in [0.5, 0.6) is 0 Å². The fourth-order valence-corrected chi connectivity index (χ4v) is 8.12. The molecule has 2 heterocycles. The highest BCUT2D eigenvalue weighted by Gasteiger charge is 2.35. The van der Waals surface area contributed by atoms with E-state index < -0.39 is 84.1 Å². The Balaban J connectivity index is 1.32. The minimum atomic E-state index is -1.02. The van der Waals surface area contributed by atoms with Gasteiger partial charge in [0.2, 0.25) is 36.4 Å². The SMILES string of the molecule is CCCCC[C@@H](C(=O)NCNC(=O)c1ccc(-c2cccc(C(N)=O)c2)o1)[C@@H](CC)N(C=O)OC(=O)CCC(=O)ON(C=O)[C@H](CC)[C@@H](CCCCC)C(=O)NCNC(=O)c1ccc(-c2cccc(C(N)=O)c2)o1. The van der Waals surface area contributed by atoms with E-state index in [1.165, 1.54) is 24.3 Å². The number of nitrogens with zero attached hydrogens (tertiary/aromatic N) is 2. The minimum Gasteiger partial charge on any atom is -0.451 e. The number of benzene rings is 2. The molecule has 2 aromatic carbocycles. The number of primary amides is 2. The Morgan fingerprint density at radius 1 is 0.554 bits per heavy atom. The maximum absolute atomic E-state index is 13.7. The van der Waals surface area contributed by atoms with Crippen molar-refractivity contribution in [2.75, 3.05) is 13.3 Å². The van der Waals surface area contributed by atoms with E-state index in [9.17, 15) is 47.9 Å². The van der Waals surface area contributed by atoms with Crippen LogP contribution < -0.4 is 32.7 Å². The number of furan rings is 2. The molecule has 8 N–H and O–H groups in total. The average Bonchev–Trinajstić information content (AvgIpc) is 4.11. The first-order valence-electron chi connectivity index (χ1n) is 24.6. The summed E-state index contributed by atoms with van der Waals surface area (Å²) in [5.41, 5.74) is 12.3. The standard InChI is InChI=1S/C52H66N8O14/c1-5-9-11-19-37(49(67)55-29-57-51(69)43-23-21-41(71-43)33-15-13-17-35(27-33)47(53)65)39(7-3)59(31-61)73-45(63)25-26-46(64)74-60(32-62)40(8-4)38(20-12-10-6-2)50(68)56-30-58-52(70)44-24-22-42(72-44)34-16-14-18-36(28-34)48(54)66/h13-18,21-24,27-28,31-32,37-40H,5-12,19-20,25-26,29-30H2,1-4H3,(H2,53,65)(H2,54,66)(H,55,67)(H,56,68)(H,57,69)(H,58,70)/t37-,38-,39-,40-/m1/s1. The summed E-state index contributed by atoms with van der Waals surface area (Å²) in [5, 5.41) is 11.9. The maximum atomic E-state index is 13.7. The smallest absolute Gasteiger partial charge is 0.333 e. The van der Waals surface area contributed by atoms with Crippen LogP contribution in [0.25, 0.3) is 22.6 Å². The van der Waals surface area contributed by atoms with Crippen molar-refractivity contribution < 1.29 is 66.5 Å². The number of nitrogens with one attached hydrogen (secondary N) is 4. The highest BCUT2D eigenvalue weighted by Crippen LogP contribution is 2.27. The van der Waals surface area contributed by atoms with Crippen LogP contribution in [-0.4, -0.2) is 95.7 Å². The molecule has 2 aromatic heterocycles. The van der Waals surface area contributed by atoms with Crippen molar-refractivity contribution in [1.82, 2.24) is 31.4 Å². The summed E-state index contributed by atoms with van der Waals surface area (Å²) < 4.78 is 11.4. The maximum Gasteiger partial charge on any atom is 0.333 e. The number of hydroxylamine groups is 4. The third-order valence-corrected chi connectivity index (χ3v) is 12.0. The first-order valence-corrected chi connectivity index (χ1v) is 24.6. The average molecular weight is 1030 g/mol. The normalized spacial score (nSPS) is 12.4. The van der Waals surface area contributed by atoms with E-state index in [1.807, 2.05) is 13.8 Å². The summed E-state index contributed by atoms with van der Waals surface area (Å²) in [7, 11) is 0. The van der Waals surface area contributed by atoms with Gasteiger partial charge in [-0.05, 0) is 74.2 Å². The molecule has 8 amide bonds. The number of hydrogen-bond acceptors (Lipinski definition) is 14. The summed E-state index contributed by atoms with van der Waals surface area (Å²) in [5.74, 6) is -6.97. The lowest BCUT2D eigenvalue weighted by atomic mass is 9.90. The number of rotatable bonds is 33. The van der Waals surface area contributed by atoms with Gasteiger partial charge >= 0.3 is 11.9 Å². The Bertz CT molecular complexity index is 2400. The van der Waals surface area contributed by atoms with E-state index >= 15 is 0 Å².